The van der Waals surface area contributed by atoms with Crippen molar-refractivity contribution in [1.82, 2.24) is 10.2 Å². The minimum Gasteiger partial charge on any atom is -0.380 e. The molecule has 0 aromatic rings. The summed E-state index contributed by atoms with van der Waals surface area (Å²) in [4.78, 5) is 2.68. The molecule has 3 heteroatoms. The Balaban J connectivity index is 2.05. The Morgan fingerprint density at radius 3 is 2.65 bits per heavy atom. The van der Waals surface area contributed by atoms with Crippen molar-refractivity contribution in [2.45, 2.75) is 57.5 Å². The first kappa shape index (κ1) is 13.3. The van der Waals surface area contributed by atoms with E-state index in [0.717, 1.165) is 19.8 Å². The normalized spacial score (nSPS) is 34.8. The topological polar surface area (TPSA) is 24.5 Å². The maximum Gasteiger partial charge on any atom is 0.0647 e. The molecule has 0 aliphatic carbocycles. The maximum atomic E-state index is 5.71. The van der Waals surface area contributed by atoms with Crippen LogP contribution in [0.25, 0.3) is 0 Å². The molecule has 17 heavy (non-hydrogen) atoms. The van der Waals surface area contributed by atoms with Gasteiger partial charge in [0.25, 0.3) is 0 Å². The molecule has 2 fully saturated rings. The van der Waals surface area contributed by atoms with Crippen LogP contribution in [0.3, 0.4) is 0 Å². The zero-order chi connectivity index (χ0) is 12.4. The molecule has 0 radical (unpaired) electrons. The average Bonchev–Trinajstić information content (AvgIpc) is 2.40. The monoisotopic (exact) mass is 240 g/mol. The van der Waals surface area contributed by atoms with Crippen molar-refractivity contribution in [2.24, 2.45) is 0 Å². The van der Waals surface area contributed by atoms with Gasteiger partial charge >= 0.3 is 0 Å². The van der Waals surface area contributed by atoms with Gasteiger partial charge in [-0.3, -0.25) is 4.90 Å². The van der Waals surface area contributed by atoms with Crippen molar-refractivity contribution in [3.63, 3.8) is 0 Å². The van der Waals surface area contributed by atoms with E-state index in [0.29, 0.717) is 5.54 Å². The molecule has 2 heterocycles. The van der Waals surface area contributed by atoms with Crippen molar-refractivity contribution in [1.29, 1.82) is 0 Å². The van der Waals surface area contributed by atoms with Gasteiger partial charge in [0.2, 0.25) is 0 Å². The average molecular weight is 240 g/mol. The maximum absolute atomic E-state index is 5.71. The van der Waals surface area contributed by atoms with Crippen LogP contribution in [-0.4, -0.2) is 48.8 Å². The van der Waals surface area contributed by atoms with Crippen molar-refractivity contribution in [3.8, 4) is 0 Å². The van der Waals surface area contributed by atoms with E-state index in [2.05, 4.69) is 31.0 Å². The third-order valence-electron chi connectivity index (χ3n) is 4.91. The SMILES string of the molecule is CCC1(CC)CN(C2(C)CCCOC2)CCN1. The van der Waals surface area contributed by atoms with E-state index >= 15 is 0 Å². The lowest BCUT2D eigenvalue weighted by atomic mass is 9.85. The van der Waals surface area contributed by atoms with Gasteiger partial charge in [-0.1, -0.05) is 13.8 Å². The molecule has 2 aliphatic rings. The number of rotatable bonds is 3. The lowest BCUT2D eigenvalue weighted by molar-refractivity contribution is -0.0613. The molecule has 3 nitrogen and oxygen atoms in total. The van der Waals surface area contributed by atoms with Gasteiger partial charge in [-0.15, -0.1) is 0 Å². The standard InChI is InChI=1S/C14H28N2O/c1-4-14(5-2)11-16(9-8-15-14)13(3)7-6-10-17-12-13/h15H,4-12H2,1-3H3. The molecule has 2 saturated heterocycles. The first-order chi connectivity index (χ1) is 8.14. The second-order valence-electron chi connectivity index (χ2n) is 5.99. The third-order valence-corrected chi connectivity index (χ3v) is 4.91. The lowest BCUT2D eigenvalue weighted by Crippen LogP contribution is -2.66. The highest BCUT2D eigenvalue weighted by atomic mass is 16.5. The van der Waals surface area contributed by atoms with Crippen molar-refractivity contribution < 1.29 is 4.74 Å². The lowest BCUT2D eigenvalue weighted by Gasteiger charge is -2.51. The molecule has 1 unspecified atom stereocenters. The van der Waals surface area contributed by atoms with Gasteiger partial charge in [-0.05, 0) is 32.6 Å². The van der Waals surface area contributed by atoms with E-state index in [1.54, 1.807) is 0 Å². The van der Waals surface area contributed by atoms with E-state index in [9.17, 15) is 0 Å². The Labute approximate surface area is 106 Å². The van der Waals surface area contributed by atoms with Crippen LogP contribution in [0.2, 0.25) is 0 Å². The van der Waals surface area contributed by atoms with Crippen LogP contribution >= 0.6 is 0 Å². The Kier molecular flexibility index (Phi) is 4.11. The zero-order valence-corrected chi connectivity index (χ0v) is 11.7. The van der Waals surface area contributed by atoms with Crippen LogP contribution in [0.1, 0.15) is 46.5 Å². The number of hydrogen-bond donors (Lipinski definition) is 1. The molecule has 0 saturated carbocycles. The Morgan fingerprint density at radius 2 is 2.06 bits per heavy atom. The highest BCUT2D eigenvalue weighted by Crippen LogP contribution is 2.30. The quantitative estimate of drug-likeness (QED) is 0.817. The summed E-state index contributed by atoms with van der Waals surface area (Å²) in [5.74, 6) is 0. The fraction of sp³-hybridized carbons (Fsp3) is 1.00. The number of nitrogens with zero attached hydrogens (tertiary/aromatic N) is 1. The van der Waals surface area contributed by atoms with E-state index in [1.165, 1.54) is 38.8 Å². The van der Waals surface area contributed by atoms with Crippen molar-refractivity contribution in [3.05, 3.63) is 0 Å². The van der Waals surface area contributed by atoms with Gasteiger partial charge in [-0.25, -0.2) is 0 Å². The molecule has 1 N–H and O–H groups in total. The van der Waals surface area contributed by atoms with E-state index in [1.807, 2.05) is 0 Å². The summed E-state index contributed by atoms with van der Waals surface area (Å²) < 4.78 is 5.71. The zero-order valence-electron chi connectivity index (χ0n) is 11.7. The Hall–Kier alpha value is -0.120. The van der Waals surface area contributed by atoms with Crippen LogP contribution in [0.4, 0.5) is 0 Å². The van der Waals surface area contributed by atoms with E-state index < -0.39 is 0 Å². The van der Waals surface area contributed by atoms with Gasteiger partial charge in [0.15, 0.2) is 0 Å². The molecule has 0 bridgehead atoms. The van der Waals surface area contributed by atoms with Gasteiger partial charge < -0.3 is 10.1 Å². The minimum atomic E-state index is 0.274. The third kappa shape index (κ3) is 2.67. The summed E-state index contributed by atoms with van der Waals surface area (Å²) in [7, 11) is 0. The summed E-state index contributed by atoms with van der Waals surface area (Å²) in [5.41, 5.74) is 0.606. The van der Waals surface area contributed by atoms with Crippen molar-refractivity contribution >= 4 is 0 Å². The molecule has 0 spiro atoms. The Morgan fingerprint density at radius 1 is 1.29 bits per heavy atom. The second kappa shape index (κ2) is 5.25. The first-order valence-electron chi connectivity index (χ1n) is 7.22. The molecule has 2 rings (SSSR count). The number of ether oxygens (including phenoxy) is 1. The molecule has 100 valence electrons. The van der Waals surface area contributed by atoms with E-state index in [4.69, 9.17) is 4.74 Å². The number of nitrogens with one attached hydrogen (secondary N) is 1. The van der Waals surface area contributed by atoms with Gasteiger partial charge in [0.05, 0.1) is 6.61 Å². The highest BCUT2D eigenvalue weighted by Gasteiger charge is 2.41. The number of hydrogen-bond acceptors (Lipinski definition) is 3. The molecular formula is C14H28N2O. The number of piperazine rings is 1. The predicted molar refractivity (Wildman–Crippen MR) is 71.3 cm³/mol. The minimum absolute atomic E-state index is 0.274. The highest BCUT2D eigenvalue weighted by molar-refractivity contribution is 4.99. The van der Waals surface area contributed by atoms with Crippen molar-refractivity contribution in [2.75, 3.05) is 32.8 Å². The van der Waals surface area contributed by atoms with Crippen LogP contribution in [0, 0.1) is 0 Å². The largest absolute Gasteiger partial charge is 0.380 e. The second-order valence-corrected chi connectivity index (χ2v) is 5.99. The first-order valence-corrected chi connectivity index (χ1v) is 7.22. The molecule has 2 aliphatic heterocycles. The summed E-state index contributed by atoms with van der Waals surface area (Å²) in [6.07, 6.45) is 4.94. The fourth-order valence-corrected chi connectivity index (χ4v) is 3.31. The predicted octanol–water partition coefficient (Wildman–Crippen LogP) is 2.02. The van der Waals surface area contributed by atoms with Gasteiger partial charge in [0.1, 0.15) is 0 Å². The summed E-state index contributed by atoms with van der Waals surface area (Å²) >= 11 is 0. The summed E-state index contributed by atoms with van der Waals surface area (Å²) in [6, 6.07) is 0. The molecule has 1 atom stereocenters. The summed E-state index contributed by atoms with van der Waals surface area (Å²) in [6.45, 7) is 12.3. The van der Waals surface area contributed by atoms with Gasteiger partial charge in [0, 0.05) is 37.3 Å². The van der Waals surface area contributed by atoms with E-state index in [-0.39, 0.29) is 5.54 Å². The van der Waals surface area contributed by atoms with Crippen LogP contribution in [-0.2, 0) is 4.74 Å². The molecule has 0 aromatic heterocycles. The summed E-state index contributed by atoms with van der Waals surface area (Å²) in [5, 5.41) is 3.74. The smallest absolute Gasteiger partial charge is 0.0647 e. The molecule has 0 aromatic carbocycles. The Bertz CT molecular complexity index is 245. The fourth-order valence-electron chi connectivity index (χ4n) is 3.31. The molecule has 0 amide bonds. The molecular weight excluding hydrogens is 212 g/mol. The van der Waals surface area contributed by atoms with Crippen LogP contribution < -0.4 is 5.32 Å². The van der Waals surface area contributed by atoms with Crippen LogP contribution in [0.15, 0.2) is 0 Å². The van der Waals surface area contributed by atoms with Gasteiger partial charge in [-0.2, -0.15) is 0 Å². The van der Waals surface area contributed by atoms with Crippen LogP contribution in [0.5, 0.6) is 0 Å².